The van der Waals surface area contributed by atoms with Gasteiger partial charge in [0.2, 0.25) is 0 Å². The molecule has 1 aliphatic rings. The summed E-state index contributed by atoms with van der Waals surface area (Å²) in [5.74, 6) is -0.731. The number of para-hydroxylation sites is 1. The lowest BCUT2D eigenvalue weighted by Gasteiger charge is -2.10. The Kier molecular flexibility index (Phi) is 6.09. The number of aromatic hydroxyl groups is 1. The van der Waals surface area contributed by atoms with E-state index in [0.717, 1.165) is 48.2 Å². The Hall–Kier alpha value is -3.19. The summed E-state index contributed by atoms with van der Waals surface area (Å²) >= 11 is 1.46. The quantitative estimate of drug-likeness (QED) is 0.536. The Labute approximate surface area is 179 Å². The van der Waals surface area contributed by atoms with Gasteiger partial charge in [0, 0.05) is 11.1 Å². The van der Waals surface area contributed by atoms with Crippen molar-refractivity contribution in [3.05, 3.63) is 75.9 Å². The molecule has 4 rings (SSSR count). The second-order valence-corrected chi connectivity index (χ2v) is 8.35. The smallest absolute Gasteiger partial charge is 0.260 e. The molecule has 154 valence electrons. The fourth-order valence-corrected chi connectivity index (χ4v) is 4.95. The van der Waals surface area contributed by atoms with Gasteiger partial charge in [0.25, 0.3) is 11.8 Å². The van der Waals surface area contributed by atoms with Gasteiger partial charge in [-0.25, -0.2) is 0 Å². The number of rotatable bonds is 5. The summed E-state index contributed by atoms with van der Waals surface area (Å²) in [6.45, 7) is 0.317. The first-order chi connectivity index (χ1) is 14.6. The van der Waals surface area contributed by atoms with Crippen LogP contribution in [-0.2, 0) is 19.4 Å². The number of fused-ring (bicyclic) bond motifs is 1. The zero-order chi connectivity index (χ0) is 20.9. The molecule has 7 heteroatoms. The molecule has 3 aromatic rings. The zero-order valence-corrected chi connectivity index (χ0v) is 17.3. The van der Waals surface area contributed by atoms with Gasteiger partial charge in [-0.1, -0.05) is 24.6 Å². The number of aryl methyl sites for hydroxylation is 1. The van der Waals surface area contributed by atoms with Gasteiger partial charge in [-0.05, 0) is 55.5 Å². The second kappa shape index (κ2) is 9.09. The molecule has 0 bridgehead atoms. The van der Waals surface area contributed by atoms with Crippen LogP contribution in [0.15, 0.2) is 48.7 Å². The Balaban J connectivity index is 1.62. The van der Waals surface area contributed by atoms with Gasteiger partial charge < -0.3 is 15.7 Å². The van der Waals surface area contributed by atoms with E-state index in [-0.39, 0.29) is 17.2 Å². The minimum Gasteiger partial charge on any atom is -0.507 e. The van der Waals surface area contributed by atoms with Crippen molar-refractivity contribution in [2.75, 3.05) is 5.32 Å². The number of amides is 2. The van der Waals surface area contributed by atoms with Crippen molar-refractivity contribution in [1.29, 1.82) is 0 Å². The average Bonchev–Trinajstić information content (AvgIpc) is 2.93. The molecule has 30 heavy (non-hydrogen) atoms. The van der Waals surface area contributed by atoms with Crippen LogP contribution in [0.1, 0.15) is 56.1 Å². The third-order valence-electron chi connectivity index (χ3n) is 5.18. The molecule has 0 unspecified atom stereocenters. The molecule has 0 atom stereocenters. The minimum atomic E-state index is -0.428. The number of carbonyl (C=O) groups is 2. The molecule has 1 aliphatic carbocycles. The van der Waals surface area contributed by atoms with E-state index < -0.39 is 5.91 Å². The van der Waals surface area contributed by atoms with Gasteiger partial charge >= 0.3 is 0 Å². The number of benzene rings is 1. The van der Waals surface area contributed by atoms with E-state index in [9.17, 15) is 14.7 Å². The molecule has 0 spiro atoms. The van der Waals surface area contributed by atoms with E-state index in [0.29, 0.717) is 17.1 Å². The average molecular weight is 422 g/mol. The standard InChI is InChI=1S/C23H23N3O3S/c27-18-11-5-4-9-16(18)21(28)26-23-20(17-10-2-1-3-12-19(17)30-23)22(29)25-14-15-8-6-7-13-24-15/h4-9,11,13,27H,1-3,10,12,14H2,(H,25,29)(H,26,28). The summed E-state index contributed by atoms with van der Waals surface area (Å²) in [4.78, 5) is 31.3. The lowest BCUT2D eigenvalue weighted by Crippen LogP contribution is -2.25. The van der Waals surface area contributed by atoms with Crippen LogP contribution in [0.5, 0.6) is 5.75 Å². The summed E-state index contributed by atoms with van der Waals surface area (Å²) in [6, 6.07) is 12.0. The van der Waals surface area contributed by atoms with Gasteiger partial charge in [-0.2, -0.15) is 0 Å². The molecule has 2 amide bonds. The molecule has 0 fully saturated rings. The number of hydrogen-bond donors (Lipinski definition) is 3. The number of anilines is 1. The van der Waals surface area contributed by atoms with Gasteiger partial charge in [0.05, 0.1) is 23.4 Å². The van der Waals surface area contributed by atoms with Gasteiger partial charge in [0.1, 0.15) is 10.8 Å². The third-order valence-corrected chi connectivity index (χ3v) is 6.39. The predicted octanol–water partition coefficient (Wildman–Crippen LogP) is 4.30. The molecular formula is C23H23N3O3S. The number of hydrogen-bond acceptors (Lipinski definition) is 5. The first-order valence-electron chi connectivity index (χ1n) is 10.1. The molecule has 0 saturated heterocycles. The van der Waals surface area contributed by atoms with Crippen molar-refractivity contribution in [1.82, 2.24) is 10.3 Å². The molecule has 2 aromatic heterocycles. The summed E-state index contributed by atoms with van der Waals surface area (Å²) < 4.78 is 0. The number of phenolic OH excluding ortho intramolecular Hbond substituents is 1. The summed E-state index contributed by atoms with van der Waals surface area (Å²) in [6.07, 6.45) is 6.66. The Bertz CT molecular complexity index is 1060. The van der Waals surface area contributed by atoms with Crippen LogP contribution < -0.4 is 10.6 Å². The molecule has 2 heterocycles. The number of pyridine rings is 1. The van der Waals surface area contributed by atoms with Crippen LogP contribution in [0.3, 0.4) is 0 Å². The number of nitrogens with zero attached hydrogens (tertiary/aromatic N) is 1. The predicted molar refractivity (Wildman–Crippen MR) is 117 cm³/mol. The van der Waals surface area contributed by atoms with Crippen molar-refractivity contribution in [2.24, 2.45) is 0 Å². The number of carbonyl (C=O) groups excluding carboxylic acids is 2. The summed E-state index contributed by atoms with van der Waals surface area (Å²) in [7, 11) is 0. The monoisotopic (exact) mass is 421 g/mol. The van der Waals surface area contributed by atoms with E-state index >= 15 is 0 Å². The van der Waals surface area contributed by atoms with Gasteiger partial charge in [-0.3, -0.25) is 14.6 Å². The van der Waals surface area contributed by atoms with Crippen molar-refractivity contribution in [3.63, 3.8) is 0 Å². The highest BCUT2D eigenvalue weighted by atomic mass is 32.1. The van der Waals surface area contributed by atoms with Crippen LogP contribution in [0.25, 0.3) is 0 Å². The lowest BCUT2D eigenvalue weighted by atomic mass is 10.0. The van der Waals surface area contributed by atoms with Gasteiger partial charge in [-0.15, -0.1) is 11.3 Å². The maximum atomic E-state index is 13.1. The normalized spacial score (nSPS) is 13.2. The third kappa shape index (κ3) is 4.36. The number of phenols is 1. The van der Waals surface area contributed by atoms with E-state index in [1.807, 2.05) is 18.2 Å². The summed E-state index contributed by atoms with van der Waals surface area (Å²) in [5.41, 5.74) is 2.52. The highest BCUT2D eigenvalue weighted by molar-refractivity contribution is 7.17. The maximum Gasteiger partial charge on any atom is 0.260 e. The first kappa shape index (κ1) is 20.1. The Morgan fingerprint density at radius 1 is 1.00 bits per heavy atom. The largest absolute Gasteiger partial charge is 0.507 e. The van der Waals surface area contributed by atoms with Crippen molar-refractivity contribution in [3.8, 4) is 5.75 Å². The Morgan fingerprint density at radius 2 is 1.80 bits per heavy atom. The van der Waals surface area contributed by atoms with Crippen LogP contribution in [0.2, 0.25) is 0 Å². The van der Waals surface area contributed by atoms with Crippen molar-refractivity contribution in [2.45, 2.75) is 38.6 Å². The molecule has 0 saturated carbocycles. The van der Waals surface area contributed by atoms with Crippen LogP contribution in [0.4, 0.5) is 5.00 Å². The molecule has 6 nitrogen and oxygen atoms in total. The van der Waals surface area contributed by atoms with Crippen LogP contribution >= 0.6 is 11.3 Å². The molecule has 1 aromatic carbocycles. The zero-order valence-electron chi connectivity index (χ0n) is 16.5. The van der Waals surface area contributed by atoms with E-state index in [1.54, 1.807) is 24.4 Å². The minimum absolute atomic E-state index is 0.0886. The highest BCUT2D eigenvalue weighted by Gasteiger charge is 2.26. The molecule has 0 aliphatic heterocycles. The van der Waals surface area contributed by atoms with Crippen LogP contribution in [0, 0.1) is 0 Å². The Morgan fingerprint density at radius 3 is 2.60 bits per heavy atom. The number of aromatic nitrogens is 1. The SMILES string of the molecule is O=C(Nc1sc2c(c1C(=O)NCc1ccccn1)CCCCC2)c1ccccc1O. The molecular weight excluding hydrogens is 398 g/mol. The fraction of sp³-hybridized carbons (Fsp3) is 0.261. The fourth-order valence-electron chi connectivity index (χ4n) is 3.67. The molecule has 3 N–H and O–H groups in total. The first-order valence-corrected chi connectivity index (χ1v) is 10.9. The maximum absolute atomic E-state index is 13.1. The van der Waals surface area contributed by atoms with Crippen molar-refractivity contribution < 1.29 is 14.7 Å². The van der Waals surface area contributed by atoms with Crippen LogP contribution in [-0.4, -0.2) is 21.9 Å². The summed E-state index contributed by atoms with van der Waals surface area (Å²) in [5, 5.41) is 16.3. The highest BCUT2D eigenvalue weighted by Crippen LogP contribution is 2.38. The van der Waals surface area contributed by atoms with E-state index in [2.05, 4.69) is 15.6 Å². The van der Waals surface area contributed by atoms with E-state index in [1.165, 1.54) is 17.4 Å². The number of thiophene rings is 1. The van der Waals surface area contributed by atoms with E-state index in [4.69, 9.17) is 0 Å². The lowest BCUT2D eigenvalue weighted by molar-refractivity contribution is 0.0950. The number of nitrogens with one attached hydrogen (secondary N) is 2. The van der Waals surface area contributed by atoms with Gasteiger partial charge in [0.15, 0.2) is 0 Å². The molecule has 0 radical (unpaired) electrons. The topological polar surface area (TPSA) is 91.3 Å². The van der Waals surface area contributed by atoms with Crippen molar-refractivity contribution >= 4 is 28.2 Å². The second-order valence-electron chi connectivity index (χ2n) is 7.24.